The molecule has 2 heteroatoms. The summed E-state index contributed by atoms with van der Waals surface area (Å²) >= 11 is 1.89. The fraction of sp³-hybridized carbons (Fsp3) is 0. The van der Waals surface area contributed by atoms with Crippen molar-refractivity contribution in [1.29, 1.82) is 0 Å². The average molecular weight is 630 g/mol. The second-order valence-electron chi connectivity index (χ2n) is 12.1. The SMILES string of the molecule is c1ccc(-c2ccc(N(c3ccc(-c4ccccc4)c(-c4ccccc4)c3)c3cccc4ccc5c6ccccc6sc5c34)cc2)cc1. The van der Waals surface area contributed by atoms with E-state index in [0.717, 1.165) is 11.4 Å². The summed E-state index contributed by atoms with van der Waals surface area (Å²) in [4.78, 5) is 2.45. The predicted molar refractivity (Wildman–Crippen MR) is 208 cm³/mol. The maximum Gasteiger partial charge on any atom is 0.0554 e. The van der Waals surface area contributed by atoms with Crippen LogP contribution in [-0.4, -0.2) is 0 Å². The van der Waals surface area contributed by atoms with Gasteiger partial charge < -0.3 is 4.90 Å². The minimum atomic E-state index is 1.12. The Labute approximate surface area is 284 Å². The molecule has 0 aliphatic rings. The molecule has 0 saturated heterocycles. The number of rotatable bonds is 6. The van der Waals surface area contributed by atoms with Crippen molar-refractivity contribution in [2.75, 3.05) is 4.90 Å². The Morgan fingerprint density at radius 3 is 1.71 bits per heavy atom. The molecule has 8 aromatic carbocycles. The summed E-state index contributed by atoms with van der Waals surface area (Å²) in [5, 5.41) is 5.13. The van der Waals surface area contributed by atoms with Crippen LogP contribution in [0.25, 0.3) is 64.3 Å². The molecule has 0 N–H and O–H groups in total. The van der Waals surface area contributed by atoms with Gasteiger partial charge >= 0.3 is 0 Å². The monoisotopic (exact) mass is 629 g/mol. The van der Waals surface area contributed by atoms with E-state index < -0.39 is 0 Å². The van der Waals surface area contributed by atoms with E-state index >= 15 is 0 Å². The van der Waals surface area contributed by atoms with Crippen molar-refractivity contribution in [3.63, 3.8) is 0 Å². The molecule has 0 radical (unpaired) electrons. The minimum Gasteiger partial charge on any atom is -0.310 e. The number of anilines is 3. The molecule has 1 nitrogen and oxygen atoms in total. The average Bonchev–Trinajstić information content (AvgIpc) is 3.55. The molecular formula is C46H31NS. The van der Waals surface area contributed by atoms with Crippen LogP contribution in [0, 0.1) is 0 Å². The Bertz CT molecular complexity index is 2530. The molecule has 0 spiro atoms. The standard InChI is InChI=1S/C46H31NS/c1-4-13-32(14-5-1)33-23-26-37(27-24-33)47(38-28-30-39(34-15-6-2-7-16-34)42(31-38)35-17-8-3-9-18-35)43-21-12-19-36-25-29-41-40-20-10-11-22-44(40)48-46(41)45(36)43/h1-31H. The van der Waals surface area contributed by atoms with Crippen LogP contribution in [0.2, 0.25) is 0 Å². The van der Waals surface area contributed by atoms with E-state index in [0.29, 0.717) is 0 Å². The predicted octanol–water partition coefficient (Wildman–Crippen LogP) is 13.7. The van der Waals surface area contributed by atoms with Crippen molar-refractivity contribution in [1.82, 2.24) is 0 Å². The highest BCUT2D eigenvalue weighted by Gasteiger charge is 2.20. The van der Waals surface area contributed by atoms with Crippen LogP contribution in [-0.2, 0) is 0 Å². The summed E-state index contributed by atoms with van der Waals surface area (Å²) in [6.07, 6.45) is 0. The molecular weight excluding hydrogens is 599 g/mol. The molecule has 226 valence electrons. The number of thiophene rings is 1. The Morgan fingerprint density at radius 2 is 0.979 bits per heavy atom. The Hall–Kier alpha value is -5.96. The molecule has 9 aromatic rings. The van der Waals surface area contributed by atoms with Gasteiger partial charge in [0.2, 0.25) is 0 Å². The molecule has 0 bridgehead atoms. The Balaban J connectivity index is 1.31. The van der Waals surface area contributed by atoms with Gasteiger partial charge in [0, 0.05) is 36.9 Å². The maximum atomic E-state index is 2.45. The highest BCUT2D eigenvalue weighted by Crippen LogP contribution is 2.47. The highest BCUT2D eigenvalue weighted by molar-refractivity contribution is 7.26. The summed E-state index contributed by atoms with van der Waals surface area (Å²) in [6.45, 7) is 0. The fourth-order valence-corrected chi connectivity index (χ4v) is 8.24. The van der Waals surface area contributed by atoms with Gasteiger partial charge in [-0.15, -0.1) is 11.3 Å². The van der Waals surface area contributed by atoms with E-state index in [1.807, 2.05) is 11.3 Å². The first-order valence-electron chi connectivity index (χ1n) is 16.4. The normalized spacial score (nSPS) is 11.3. The zero-order chi connectivity index (χ0) is 31.9. The van der Waals surface area contributed by atoms with Gasteiger partial charge in [0.25, 0.3) is 0 Å². The zero-order valence-corrected chi connectivity index (χ0v) is 27.1. The van der Waals surface area contributed by atoms with Crippen LogP contribution in [0.1, 0.15) is 0 Å². The van der Waals surface area contributed by atoms with Gasteiger partial charge in [-0.1, -0.05) is 152 Å². The first kappa shape index (κ1) is 28.3. The van der Waals surface area contributed by atoms with E-state index in [1.54, 1.807) is 0 Å². The molecule has 9 rings (SSSR count). The minimum absolute atomic E-state index is 1.12. The van der Waals surface area contributed by atoms with Crippen LogP contribution in [0.15, 0.2) is 188 Å². The number of nitrogens with zero attached hydrogens (tertiary/aromatic N) is 1. The fourth-order valence-electron chi connectivity index (χ4n) is 6.98. The number of hydrogen-bond donors (Lipinski definition) is 0. The number of benzene rings is 8. The molecule has 0 atom stereocenters. The van der Waals surface area contributed by atoms with E-state index in [2.05, 4.69) is 193 Å². The van der Waals surface area contributed by atoms with Crippen LogP contribution in [0.5, 0.6) is 0 Å². The third-order valence-electron chi connectivity index (χ3n) is 9.27. The summed E-state index contributed by atoms with van der Waals surface area (Å²) in [7, 11) is 0. The lowest BCUT2D eigenvalue weighted by atomic mass is 9.93. The summed E-state index contributed by atoms with van der Waals surface area (Å²) in [6, 6.07) is 68.1. The first-order valence-corrected chi connectivity index (χ1v) is 17.2. The largest absolute Gasteiger partial charge is 0.310 e. The molecule has 0 aliphatic heterocycles. The molecule has 0 amide bonds. The lowest BCUT2D eigenvalue weighted by molar-refractivity contribution is 1.30. The Morgan fingerprint density at radius 1 is 0.375 bits per heavy atom. The van der Waals surface area contributed by atoms with Gasteiger partial charge in [0.05, 0.1) is 5.69 Å². The van der Waals surface area contributed by atoms with Gasteiger partial charge in [-0.25, -0.2) is 0 Å². The molecule has 0 unspecified atom stereocenters. The number of hydrogen-bond acceptors (Lipinski definition) is 2. The van der Waals surface area contributed by atoms with Crippen molar-refractivity contribution >= 4 is 59.3 Å². The summed E-state index contributed by atoms with van der Waals surface area (Å²) in [5.41, 5.74) is 10.6. The van der Waals surface area contributed by atoms with Gasteiger partial charge in [-0.3, -0.25) is 0 Å². The summed E-state index contributed by atoms with van der Waals surface area (Å²) < 4.78 is 2.63. The van der Waals surface area contributed by atoms with Crippen molar-refractivity contribution in [3.8, 4) is 33.4 Å². The van der Waals surface area contributed by atoms with Crippen molar-refractivity contribution in [2.24, 2.45) is 0 Å². The van der Waals surface area contributed by atoms with Crippen molar-refractivity contribution in [3.05, 3.63) is 188 Å². The van der Waals surface area contributed by atoms with E-state index in [9.17, 15) is 0 Å². The molecule has 0 saturated carbocycles. The lowest BCUT2D eigenvalue weighted by Gasteiger charge is -2.28. The lowest BCUT2D eigenvalue weighted by Crippen LogP contribution is -2.11. The second kappa shape index (κ2) is 12.0. The van der Waals surface area contributed by atoms with Crippen LogP contribution in [0.3, 0.4) is 0 Å². The molecule has 1 aromatic heterocycles. The number of fused-ring (bicyclic) bond motifs is 5. The third-order valence-corrected chi connectivity index (χ3v) is 10.5. The van der Waals surface area contributed by atoms with Gasteiger partial charge in [-0.2, -0.15) is 0 Å². The maximum absolute atomic E-state index is 2.45. The van der Waals surface area contributed by atoms with E-state index in [4.69, 9.17) is 0 Å². The zero-order valence-electron chi connectivity index (χ0n) is 26.3. The van der Waals surface area contributed by atoms with Gasteiger partial charge in [0.15, 0.2) is 0 Å². The van der Waals surface area contributed by atoms with E-state index in [-0.39, 0.29) is 0 Å². The molecule has 48 heavy (non-hydrogen) atoms. The van der Waals surface area contributed by atoms with Crippen LogP contribution >= 0.6 is 11.3 Å². The van der Waals surface area contributed by atoms with Gasteiger partial charge in [-0.05, 0) is 75.2 Å². The van der Waals surface area contributed by atoms with Crippen LogP contribution < -0.4 is 4.90 Å². The molecule has 1 heterocycles. The van der Waals surface area contributed by atoms with Crippen molar-refractivity contribution in [2.45, 2.75) is 0 Å². The summed E-state index contributed by atoms with van der Waals surface area (Å²) in [5.74, 6) is 0. The highest BCUT2D eigenvalue weighted by atomic mass is 32.1. The smallest absolute Gasteiger partial charge is 0.0554 e. The quantitative estimate of drug-likeness (QED) is 0.177. The topological polar surface area (TPSA) is 3.24 Å². The van der Waals surface area contributed by atoms with Gasteiger partial charge in [0.1, 0.15) is 0 Å². The molecule has 0 aliphatic carbocycles. The third kappa shape index (κ3) is 4.95. The first-order chi connectivity index (χ1) is 23.8. The van der Waals surface area contributed by atoms with Crippen LogP contribution in [0.4, 0.5) is 17.1 Å². The second-order valence-corrected chi connectivity index (χ2v) is 13.2. The van der Waals surface area contributed by atoms with E-state index in [1.165, 1.54) is 70.0 Å². The Kier molecular flexibility index (Phi) is 7.07. The molecule has 0 fully saturated rings. The van der Waals surface area contributed by atoms with Crippen molar-refractivity contribution < 1.29 is 0 Å².